The third-order valence-corrected chi connectivity index (χ3v) is 3.97. The number of aromatic nitrogens is 1. The van der Waals surface area contributed by atoms with Crippen LogP contribution in [0.1, 0.15) is 17.2 Å². The van der Waals surface area contributed by atoms with Crippen molar-refractivity contribution >= 4 is 26.7 Å². The summed E-state index contributed by atoms with van der Waals surface area (Å²) >= 11 is 3.35. The van der Waals surface area contributed by atoms with Gasteiger partial charge in [-0.05, 0) is 23.6 Å². The van der Waals surface area contributed by atoms with E-state index >= 15 is 0 Å². The molecule has 100 valence electrons. The number of benzene rings is 2. The number of hydrogen-bond acceptors (Lipinski definition) is 2. The summed E-state index contributed by atoms with van der Waals surface area (Å²) in [6.07, 6.45) is 2.43. The molecule has 0 aliphatic heterocycles. The van der Waals surface area contributed by atoms with Crippen LogP contribution < -0.4 is 0 Å². The summed E-state index contributed by atoms with van der Waals surface area (Å²) in [6.45, 7) is 0. The lowest BCUT2D eigenvalue weighted by atomic mass is 9.98. The largest absolute Gasteiger partial charge is 0.384 e. The Morgan fingerprint density at radius 1 is 1.05 bits per heavy atom. The van der Waals surface area contributed by atoms with E-state index in [1.54, 1.807) is 18.5 Å². The van der Waals surface area contributed by atoms with Gasteiger partial charge in [-0.2, -0.15) is 0 Å². The van der Waals surface area contributed by atoms with Gasteiger partial charge >= 0.3 is 0 Å². The van der Waals surface area contributed by atoms with E-state index in [-0.39, 0.29) is 5.82 Å². The maximum absolute atomic E-state index is 13.4. The molecule has 2 aromatic carbocycles. The standard InChI is InChI=1S/C16H11BrFNO/c17-15-6-5-11(18)7-13(15)16(20)14-9-19-8-10-3-1-2-4-12(10)14/h1-9,16,20H. The van der Waals surface area contributed by atoms with E-state index in [9.17, 15) is 9.50 Å². The smallest absolute Gasteiger partial charge is 0.123 e. The monoisotopic (exact) mass is 331 g/mol. The summed E-state index contributed by atoms with van der Waals surface area (Å²) in [7, 11) is 0. The van der Waals surface area contributed by atoms with Crippen molar-refractivity contribution in [3.8, 4) is 0 Å². The molecule has 1 N–H and O–H groups in total. The second-order valence-corrected chi connectivity index (χ2v) is 5.37. The molecular formula is C16H11BrFNO. The number of nitrogens with zero attached hydrogens (tertiary/aromatic N) is 1. The Morgan fingerprint density at radius 3 is 2.70 bits per heavy atom. The second-order valence-electron chi connectivity index (χ2n) is 4.52. The maximum Gasteiger partial charge on any atom is 0.123 e. The van der Waals surface area contributed by atoms with Gasteiger partial charge in [-0.25, -0.2) is 4.39 Å². The number of hydrogen-bond donors (Lipinski definition) is 1. The Morgan fingerprint density at radius 2 is 1.85 bits per heavy atom. The average Bonchev–Trinajstić information content (AvgIpc) is 2.48. The molecule has 0 fully saturated rings. The van der Waals surface area contributed by atoms with E-state index in [1.807, 2.05) is 24.3 Å². The van der Waals surface area contributed by atoms with Crippen LogP contribution in [-0.2, 0) is 0 Å². The van der Waals surface area contributed by atoms with E-state index in [1.165, 1.54) is 12.1 Å². The molecule has 0 bridgehead atoms. The topological polar surface area (TPSA) is 33.1 Å². The minimum Gasteiger partial charge on any atom is -0.384 e. The first-order chi connectivity index (χ1) is 9.66. The van der Waals surface area contributed by atoms with Crippen molar-refractivity contribution in [1.29, 1.82) is 0 Å². The molecule has 0 aliphatic carbocycles. The zero-order chi connectivity index (χ0) is 14.1. The Hall–Kier alpha value is -1.78. The van der Waals surface area contributed by atoms with Gasteiger partial charge in [0.25, 0.3) is 0 Å². The highest BCUT2D eigenvalue weighted by Gasteiger charge is 2.17. The lowest BCUT2D eigenvalue weighted by Crippen LogP contribution is -2.03. The summed E-state index contributed by atoms with van der Waals surface area (Å²) in [5, 5.41) is 12.4. The zero-order valence-corrected chi connectivity index (χ0v) is 12.0. The summed E-state index contributed by atoms with van der Waals surface area (Å²) in [5.74, 6) is -0.379. The molecule has 1 unspecified atom stereocenters. The normalized spacial score (nSPS) is 12.6. The number of aliphatic hydroxyl groups is 1. The van der Waals surface area contributed by atoms with Gasteiger partial charge in [-0.3, -0.25) is 4.98 Å². The Labute approximate surface area is 124 Å². The van der Waals surface area contributed by atoms with Crippen LogP contribution >= 0.6 is 15.9 Å². The fourth-order valence-electron chi connectivity index (χ4n) is 2.25. The van der Waals surface area contributed by atoms with Gasteiger partial charge in [-0.1, -0.05) is 40.2 Å². The van der Waals surface area contributed by atoms with Crippen molar-refractivity contribution < 1.29 is 9.50 Å². The zero-order valence-electron chi connectivity index (χ0n) is 10.4. The molecule has 1 aromatic heterocycles. The fraction of sp³-hybridized carbons (Fsp3) is 0.0625. The molecule has 1 atom stereocenters. The van der Waals surface area contributed by atoms with Crippen LogP contribution in [0, 0.1) is 5.82 Å². The molecule has 1 heterocycles. The summed E-state index contributed by atoms with van der Waals surface area (Å²) < 4.78 is 14.1. The predicted octanol–water partition coefficient (Wildman–Crippen LogP) is 4.22. The number of pyridine rings is 1. The van der Waals surface area contributed by atoms with Crippen molar-refractivity contribution in [2.45, 2.75) is 6.10 Å². The van der Waals surface area contributed by atoms with Gasteiger partial charge in [-0.15, -0.1) is 0 Å². The summed E-state index contributed by atoms with van der Waals surface area (Å²) in [4.78, 5) is 4.14. The van der Waals surface area contributed by atoms with E-state index in [0.717, 1.165) is 10.8 Å². The number of fused-ring (bicyclic) bond motifs is 1. The molecule has 3 aromatic rings. The van der Waals surface area contributed by atoms with Gasteiger partial charge in [0, 0.05) is 33.4 Å². The minimum absolute atomic E-state index is 0.379. The first kappa shape index (κ1) is 13.2. The highest BCUT2D eigenvalue weighted by molar-refractivity contribution is 9.10. The van der Waals surface area contributed by atoms with Crippen molar-refractivity contribution in [2.75, 3.05) is 0 Å². The highest BCUT2D eigenvalue weighted by Crippen LogP contribution is 2.32. The first-order valence-corrected chi connectivity index (χ1v) is 6.92. The van der Waals surface area contributed by atoms with E-state index in [4.69, 9.17) is 0 Å². The molecule has 2 nitrogen and oxygen atoms in total. The molecule has 0 aliphatic rings. The third-order valence-electron chi connectivity index (χ3n) is 3.25. The van der Waals surface area contributed by atoms with Crippen LogP contribution in [0.5, 0.6) is 0 Å². The third kappa shape index (κ3) is 2.32. The quantitative estimate of drug-likeness (QED) is 0.762. The molecule has 0 radical (unpaired) electrons. The van der Waals surface area contributed by atoms with Crippen LogP contribution in [-0.4, -0.2) is 10.1 Å². The van der Waals surface area contributed by atoms with Crippen molar-refractivity contribution in [2.24, 2.45) is 0 Å². The fourth-order valence-corrected chi connectivity index (χ4v) is 2.71. The van der Waals surface area contributed by atoms with Crippen molar-refractivity contribution in [1.82, 2.24) is 4.98 Å². The van der Waals surface area contributed by atoms with Gasteiger partial charge in [0.2, 0.25) is 0 Å². The van der Waals surface area contributed by atoms with Gasteiger partial charge in [0.05, 0.1) is 0 Å². The minimum atomic E-state index is -0.932. The van der Waals surface area contributed by atoms with E-state index in [2.05, 4.69) is 20.9 Å². The molecular weight excluding hydrogens is 321 g/mol. The Balaban J connectivity index is 2.17. The average molecular weight is 332 g/mol. The first-order valence-electron chi connectivity index (χ1n) is 6.12. The summed E-state index contributed by atoms with van der Waals surface area (Å²) in [6, 6.07) is 11.9. The molecule has 0 saturated heterocycles. The van der Waals surface area contributed by atoms with Crippen molar-refractivity contribution in [3.05, 3.63) is 76.3 Å². The molecule has 4 heteroatoms. The van der Waals surface area contributed by atoms with Crippen molar-refractivity contribution in [3.63, 3.8) is 0 Å². The lowest BCUT2D eigenvalue weighted by molar-refractivity contribution is 0.220. The van der Waals surface area contributed by atoms with Crippen LogP contribution in [0.15, 0.2) is 59.3 Å². The van der Waals surface area contributed by atoms with Crippen LogP contribution in [0.3, 0.4) is 0 Å². The SMILES string of the molecule is OC(c1cc(F)ccc1Br)c1cncc2ccccc12. The Kier molecular flexibility index (Phi) is 3.51. The lowest BCUT2D eigenvalue weighted by Gasteiger charge is -2.15. The van der Waals surface area contributed by atoms with Gasteiger partial charge < -0.3 is 5.11 Å². The highest BCUT2D eigenvalue weighted by atomic mass is 79.9. The molecule has 0 amide bonds. The van der Waals surface area contributed by atoms with E-state index < -0.39 is 6.10 Å². The van der Waals surface area contributed by atoms with Gasteiger partial charge in [0.1, 0.15) is 11.9 Å². The number of halogens is 2. The van der Waals surface area contributed by atoms with Crippen LogP contribution in [0.2, 0.25) is 0 Å². The maximum atomic E-state index is 13.4. The van der Waals surface area contributed by atoms with Crippen LogP contribution in [0.4, 0.5) is 4.39 Å². The molecule has 3 rings (SSSR count). The number of aliphatic hydroxyl groups excluding tert-OH is 1. The van der Waals surface area contributed by atoms with Crippen LogP contribution in [0.25, 0.3) is 10.8 Å². The predicted molar refractivity (Wildman–Crippen MR) is 79.9 cm³/mol. The second kappa shape index (κ2) is 5.31. The summed E-state index contributed by atoms with van der Waals surface area (Å²) in [5.41, 5.74) is 1.15. The molecule has 20 heavy (non-hydrogen) atoms. The molecule has 0 spiro atoms. The van der Waals surface area contributed by atoms with Gasteiger partial charge in [0.15, 0.2) is 0 Å². The Bertz CT molecular complexity index is 770. The molecule has 0 saturated carbocycles. The van der Waals surface area contributed by atoms with E-state index in [0.29, 0.717) is 15.6 Å². The number of rotatable bonds is 2.